The Hall–Kier alpha value is -1.23. The van der Waals surface area contributed by atoms with Gasteiger partial charge in [0, 0.05) is 28.4 Å². The van der Waals surface area contributed by atoms with Crippen molar-refractivity contribution in [2.45, 2.75) is 6.10 Å². The summed E-state index contributed by atoms with van der Waals surface area (Å²) in [5.41, 5.74) is 1.51. The Bertz CT molecular complexity index is 689. The maximum Gasteiger partial charge on any atom is 0.339 e. The number of carboxylic acids is 1. The predicted octanol–water partition coefficient (Wildman–Crippen LogP) is 2.88. The summed E-state index contributed by atoms with van der Waals surface area (Å²) in [6, 6.07) is 5.58. The molecule has 0 unspecified atom stereocenters. The van der Waals surface area contributed by atoms with E-state index in [4.69, 9.17) is 0 Å². The van der Waals surface area contributed by atoms with Crippen LogP contribution >= 0.6 is 24.0 Å². The third-order valence-corrected chi connectivity index (χ3v) is 5.95. The van der Waals surface area contributed by atoms with Crippen LogP contribution in [-0.4, -0.2) is 39.6 Å². The van der Waals surface area contributed by atoms with Gasteiger partial charge in [-0.25, -0.2) is 4.79 Å². The van der Waals surface area contributed by atoms with Gasteiger partial charge in [-0.05, 0) is 26.3 Å². The number of hydrogen-bond acceptors (Lipinski definition) is 4. The van der Waals surface area contributed by atoms with Crippen LogP contribution < -0.4 is 5.09 Å². The number of rotatable bonds is 3. The van der Waals surface area contributed by atoms with Crippen LogP contribution in [0.3, 0.4) is 0 Å². The fourth-order valence-electron chi connectivity index (χ4n) is 2.15. The van der Waals surface area contributed by atoms with Gasteiger partial charge >= 0.3 is 5.97 Å². The molecule has 1 aromatic heterocycles. The van der Waals surface area contributed by atoms with E-state index in [-0.39, 0.29) is 11.7 Å². The fourth-order valence-corrected chi connectivity index (χ4v) is 4.16. The standard InChI is InChI=1S/C13H12BrN2O3P/c14-7-1-2-11-9(3-7)12(10(4-15-11)13(18)19)16-20-5-8(17)6-20/h1-4,8,17H,5-6H2,(H,15,16)(H,18,19). The summed E-state index contributed by atoms with van der Waals surface area (Å²) in [6.07, 6.45) is 2.52. The molecule has 20 heavy (non-hydrogen) atoms. The molecule has 0 amide bonds. The van der Waals surface area contributed by atoms with Crippen molar-refractivity contribution in [2.75, 3.05) is 17.4 Å². The number of anilines is 1. The lowest BCUT2D eigenvalue weighted by Crippen LogP contribution is -2.30. The molecular weight excluding hydrogens is 343 g/mol. The number of aromatic nitrogens is 1. The smallest absolute Gasteiger partial charge is 0.339 e. The Balaban J connectivity index is 2.10. The summed E-state index contributed by atoms with van der Waals surface area (Å²) in [5, 5.41) is 22.8. The van der Waals surface area contributed by atoms with Crippen LogP contribution in [0, 0.1) is 0 Å². The van der Waals surface area contributed by atoms with E-state index >= 15 is 0 Å². The van der Waals surface area contributed by atoms with Crippen LogP contribution in [0.5, 0.6) is 0 Å². The first-order chi connectivity index (χ1) is 9.54. The van der Waals surface area contributed by atoms with Crippen LogP contribution in [0.2, 0.25) is 0 Å². The Morgan fingerprint density at radius 1 is 1.45 bits per heavy atom. The number of aromatic carboxylic acids is 1. The molecule has 0 bridgehead atoms. The number of benzene rings is 1. The van der Waals surface area contributed by atoms with Gasteiger partial charge in [-0.3, -0.25) is 4.98 Å². The van der Waals surface area contributed by atoms with Gasteiger partial charge in [-0.15, -0.1) is 0 Å². The summed E-state index contributed by atoms with van der Waals surface area (Å²) in [5.74, 6) is -1.00. The van der Waals surface area contributed by atoms with Crippen molar-refractivity contribution in [3.63, 3.8) is 0 Å². The first-order valence-corrected chi connectivity index (χ1v) is 8.56. The number of fused-ring (bicyclic) bond motifs is 1. The van der Waals surface area contributed by atoms with Crippen molar-refractivity contribution in [3.05, 3.63) is 34.4 Å². The van der Waals surface area contributed by atoms with E-state index in [2.05, 4.69) is 26.0 Å². The lowest BCUT2D eigenvalue weighted by atomic mass is 10.1. The Morgan fingerprint density at radius 3 is 2.85 bits per heavy atom. The molecule has 2 heterocycles. The Morgan fingerprint density at radius 2 is 2.20 bits per heavy atom. The van der Waals surface area contributed by atoms with Crippen molar-refractivity contribution < 1.29 is 15.0 Å². The number of pyridine rings is 1. The number of hydrogen-bond donors (Lipinski definition) is 3. The van der Waals surface area contributed by atoms with Crippen molar-refractivity contribution >= 4 is 46.6 Å². The molecule has 3 rings (SSSR count). The van der Waals surface area contributed by atoms with Crippen LogP contribution in [0.1, 0.15) is 10.4 Å². The number of nitrogens with zero attached hydrogens (tertiary/aromatic N) is 1. The van der Waals surface area contributed by atoms with Gasteiger partial charge < -0.3 is 15.3 Å². The number of carboxylic acid groups (broad SMARTS) is 1. The van der Waals surface area contributed by atoms with E-state index in [0.29, 0.717) is 18.0 Å². The normalized spacial score (nSPS) is 21.5. The van der Waals surface area contributed by atoms with Crippen molar-refractivity contribution in [2.24, 2.45) is 0 Å². The Kier molecular flexibility index (Phi) is 3.63. The highest BCUT2D eigenvalue weighted by molar-refractivity contribution is 9.10. The minimum absolute atomic E-state index is 0.166. The van der Waals surface area contributed by atoms with E-state index in [0.717, 1.165) is 15.4 Å². The maximum atomic E-state index is 11.4. The molecule has 1 saturated heterocycles. The van der Waals surface area contributed by atoms with Gasteiger partial charge in [0.05, 0.1) is 17.3 Å². The third kappa shape index (κ3) is 2.51. The van der Waals surface area contributed by atoms with Gasteiger partial charge in [0.1, 0.15) is 5.56 Å². The average molecular weight is 355 g/mol. The molecule has 0 radical (unpaired) electrons. The van der Waals surface area contributed by atoms with Crippen LogP contribution in [0.25, 0.3) is 10.9 Å². The summed E-state index contributed by atoms with van der Waals surface area (Å²) in [4.78, 5) is 15.6. The zero-order valence-corrected chi connectivity index (χ0v) is 12.9. The van der Waals surface area contributed by atoms with Crippen LogP contribution in [0.4, 0.5) is 5.69 Å². The molecule has 0 atom stereocenters. The van der Waals surface area contributed by atoms with Gasteiger partial charge in [0.15, 0.2) is 0 Å². The second-order valence-corrected chi connectivity index (χ2v) is 7.63. The summed E-state index contributed by atoms with van der Waals surface area (Å²) >= 11 is 3.40. The van der Waals surface area contributed by atoms with Gasteiger partial charge in [-0.1, -0.05) is 15.9 Å². The summed E-state index contributed by atoms with van der Waals surface area (Å²) in [7, 11) is -0.544. The molecule has 3 N–H and O–H groups in total. The van der Waals surface area contributed by atoms with Gasteiger partial charge in [-0.2, -0.15) is 0 Å². The van der Waals surface area contributed by atoms with E-state index in [1.54, 1.807) is 0 Å². The molecule has 2 aromatic rings. The minimum Gasteiger partial charge on any atom is -0.478 e. The van der Waals surface area contributed by atoms with E-state index < -0.39 is 14.0 Å². The molecular formula is C13H12BrN2O3P. The first kappa shape index (κ1) is 13.7. The highest BCUT2D eigenvalue weighted by Crippen LogP contribution is 2.47. The molecule has 104 valence electrons. The fraction of sp³-hybridized carbons (Fsp3) is 0.231. The molecule has 1 aliphatic heterocycles. The number of aliphatic hydroxyl groups excluding tert-OH is 1. The van der Waals surface area contributed by atoms with Crippen LogP contribution in [0.15, 0.2) is 28.9 Å². The second kappa shape index (κ2) is 5.28. The molecule has 7 heteroatoms. The Labute approximate surface area is 125 Å². The van der Waals surface area contributed by atoms with Crippen molar-refractivity contribution in [1.82, 2.24) is 4.98 Å². The van der Waals surface area contributed by atoms with E-state index in [1.807, 2.05) is 18.2 Å². The summed E-state index contributed by atoms with van der Waals surface area (Å²) < 4.78 is 0.874. The van der Waals surface area contributed by atoms with Crippen molar-refractivity contribution in [1.29, 1.82) is 0 Å². The lowest BCUT2D eigenvalue weighted by molar-refractivity contribution is 0.0698. The molecule has 0 saturated carbocycles. The molecule has 1 aromatic carbocycles. The molecule has 1 fully saturated rings. The molecule has 1 aliphatic rings. The number of halogens is 1. The minimum atomic E-state index is -1.00. The van der Waals surface area contributed by atoms with Crippen LogP contribution in [-0.2, 0) is 0 Å². The quantitative estimate of drug-likeness (QED) is 0.738. The second-order valence-electron chi connectivity index (χ2n) is 4.68. The van der Waals surface area contributed by atoms with E-state index in [1.165, 1.54) is 6.20 Å². The predicted molar refractivity (Wildman–Crippen MR) is 82.7 cm³/mol. The number of nitrogens with one attached hydrogen (secondary N) is 1. The van der Waals surface area contributed by atoms with E-state index in [9.17, 15) is 15.0 Å². The maximum absolute atomic E-state index is 11.4. The highest BCUT2D eigenvalue weighted by Gasteiger charge is 2.28. The number of aliphatic hydroxyl groups is 1. The SMILES string of the molecule is O=C(O)c1cnc2ccc(Br)cc2c1NP1CC(O)C1. The molecule has 0 aliphatic carbocycles. The lowest BCUT2D eigenvalue weighted by Gasteiger charge is -2.33. The highest BCUT2D eigenvalue weighted by atomic mass is 79.9. The van der Waals surface area contributed by atoms with Gasteiger partial charge in [0.2, 0.25) is 0 Å². The summed E-state index contributed by atoms with van der Waals surface area (Å²) in [6.45, 7) is 0. The third-order valence-electron chi connectivity index (χ3n) is 3.19. The van der Waals surface area contributed by atoms with Crippen molar-refractivity contribution in [3.8, 4) is 0 Å². The largest absolute Gasteiger partial charge is 0.478 e. The first-order valence-electron chi connectivity index (χ1n) is 6.06. The molecule has 0 spiro atoms. The monoisotopic (exact) mass is 354 g/mol. The number of carbonyl (C=O) groups is 1. The zero-order valence-electron chi connectivity index (χ0n) is 10.4. The molecule has 5 nitrogen and oxygen atoms in total. The zero-order chi connectivity index (χ0) is 14.3. The van der Waals surface area contributed by atoms with Gasteiger partial charge in [0.25, 0.3) is 0 Å². The average Bonchev–Trinajstić information content (AvgIpc) is 2.37. The topological polar surface area (TPSA) is 82.5 Å².